The van der Waals surface area contributed by atoms with E-state index in [1.165, 1.54) is 11.1 Å². The molecule has 0 aromatic heterocycles. The zero-order chi connectivity index (χ0) is 20.0. The highest BCUT2D eigenvalue weighted by molar-refractivity contribution is 5.90. The Kier molecular flexibility index (Phi) is 7.06. The van der Waals surface area contributed by atoms with E-state index in [4.69, 9.17) is 0 Å². The summed E-state index contributed by atoms with van der Waals surface area (Å²) in [5, 5.41) is 3.09. The number of nitrogens with zero attached hydrogens (tertiary/aromatic N) is 1. The van der Waals surface area contributed by atoms with E-state index in [-0.39, 0.29) is 11.4 Å². The molecule has 1 N–H and O–H groups in total. The molecule has 0 fully saturated rings. The zero-order valence-electron chi connectivity index (χ0n) is 17.7. The molecule has 2 aromatic carbocycles. The lowest BCUT2D eigenvalue weighted by atomic mass is 9.87. The lowest BCUT2D eigenvalue weighted by Crippen LogP contribution is -2.35. The fourth-order valence-corrected chi connectivity index (χ4v) is 3.08. The maximum atomic E-state index is 12.9. The molecule has 0 spiro atoms. The highest BCUT2D eigenvalue weighted by atomic mass is 16.2. The van der Waals surface area contributed by atoms with Crippen molar-refractivity contribution in [2.75, 3.05) is 11.9 Å². The summed E-state index contributed by atoms with van der Waals surface area (Å²) in [7, 11) is 0. The number of aryl methyl sites for hydroxylation is 2. The van der Waals surface area contributed by atoms with Gasteiger partial charge in [-0.15, -0.1) is 0 Å². The van der Waals surface area contributed by atoms with Crippen LogP contribution in [0.2, 0.25) is 0 Å². The third kappa shape index (κ3) is 6.13. The minimum atomic E-state index is -0.0321. The van der Waals surface area contributed by atoms with Gasteiger partial charge in [0.25, 0.3) is 0 Å². The minimum Gasteiger partial charge on any atom is -0.320 e. The lowest BCUT2D eigenvalue weighted by Gasteiger charge is -2.24. The third-order valence-corrected chi connectivity index (χ3v) is 4.89. The fraction of sp³-hybridized carbons (Fsp3) is 0.458. The van der Waals surface area contributed by atoms with Gasteiger partial charge in [-0.1, -0.05) is 76.1 Å². The molecule has 3 heteroatoms. The molecule has 2 aromatic rings. The van der Waals surface area contributed by atoms with Gasteiger partial charge in [0, 0.05) is 18.8 Å². The molecular formula is C24H34N2O. The number of anilines is 1. The monoisotopic (exact) mass is 366 g/mol. The number of unbranched alkanes of at least 4 members (excludes halogenated alkanes) is 1. The molecule has 0 saturated carbocycles. The van der Waals surface area contributed by atoms with E-state index >= 15 is 0 Å². The van der Waals surface area contributed by atoms with Crippen LogP contribution in [0.3, 0.4) is 0 Å². The summed E-state index contributed by atoms with van der Waals surface area (Å²) in [6.07, 6.45) is 2.07. The molecular weight excluding hydrogens is 332 g/mol. The molecule has 2 rings (SSSR count). The molecule has 27 heavy (non-hydrogen) atoms. The largest absolute Gasteiger partial charge is 0.322 e. The van der Waals surface area contributed by atoms with Gasteiger partial charge in [0.05, 0.1) is 0 Å². The predicted molar refractivity (Wildman–Crippen MR) is 115 cm³/mol. The number of hydrogen-bond donors (Lipinski definition) is 1. The van der Waals surface area contributed by atoms with E-state index in [9.17, 15) is 4.79 Å². The first-order chi connectivity index (χ1) is 12.7. The van der Waals surface area contributed by atoms with Gasteiger partial charge >= 0.3 is 6.03 Å². The van der Waals surface area contributed by atoms with Crippen molar-refractivity contribution < 1.29 is 4.79 Å². The van der Waals surface area contributed by atoms with E-state index < -0.39 is 0 Å². The van der Waals surface area contributed by atoms with Gasteiger partial charge in [0.1, 0.15) is 0 Å². The van der Waals surface area contributed by atoms with Crippen molar-refractivity contribution in [3.05, 3.63) is 64.7 Å². The topological polar surface area (TPSA) is 32.3 Å². The summed E-state index contributed by atoms with van der Waals surface area (Å²) >= 11 is 0. The number of amides is 2. The summed E-state index contributed by atoms with van der Waals surface area (Å²) in [5.74, 6) is 0. The molecule has 0 bridgehead atoms. The van der Waals surface area contributed by atoms with Crippen molar-refractivity contribution in [3.63, 3.8) is 0 Å². The Morgan fingerprint density at radius 1 is 1.04 bits per heavy atom. The minimum absolute atomic E-state index is 0.0321. The Bertz CT molecular complexity index is 757. The van der Waals surface area contributed by atoms with Crippen LogP contribution >= 0.6 is 0 Å². The number of carbonyl (C=O) groups excluding carboxylic acids is 1. The molecule has 0 unspecified atom stereocenters. The second-order valence-corrected chi connectivity index (χ2v) is 8.47. The molecule has 2 amide bonds. The van der Waals surface area contributed by atoms with Gasteiger partial charge in [-0.2, -0.15) is 0 Å². The zero-order valence-corrected chi connectivity index (χ0v) is 17.7. The van der Waals surface area contributed by atoms with Crippen LogP contribution in [0.25, 0.3) is 0 Å². The number of urea groups is 1. The Morgan fingerprint density at radius 3 is 2.26 bits per heavy atom. The number of benzene rings is 2. The van der Waals surface area contributed by atoms with E-state index in [0.717, 1.165) is 36.2 Å². The Balaban J connectivity index is 2.12. The summed E-state index contributed by atoms with van der Waals surface area (Å²) in [4.78, 5) is 14.8. The molecule has 0 aliphatic heterocycles. The van der Waals surface area contributed by atoms with E-state index in [1.807, 2.05) is 24.0 Å². The molecule has 0 aliphatic carbocycles. The van der Waals surface area contributed by atoms with Crippen LogP contribution in [0.1, 0.15) is 62.8 Å². The number of carbonyl (C=O) groups is 1. The Hall–Kier alpha value is -2.29. The second kappa shape index (κ2) is 9.07. The number of rotatable bonds is 6. The molecule has 0 aliphatic rings. The maximum Gasteiger partial charge on any atom is 0.322 e. The fourth-order valence-electron chi connectivity index (χ4n) is 3.08. The average Bonchev–Trinajstić information content (AvgIpc) is 2.60. The van der Waals surface area contributed by atoms with Gasteiger partial charge in [0.2, 0.25) is 0 Å². The molecule has 146 valence electrons. The number of nitrogens with one attached hydrogen (secondary N) is 1. The predicted octanol–water partition coefficient (Wildman–Crippen LogP) is 6.44. The van der Waals surface area contributed by atoms with E-state index in [2.05, 4.69) is 70.3 Å². The van der Waals surface area contributed by atoms with Crippen LogP contribution in [-0.4, -0.2) is 17.5 Å². The maximum absolute atomic E-state index is 12.9. The van der Waals surface area contributed by atoms with Gasteiger partial charge in [-0.05, 0) is 48.4 Å². The van der Waals surface area contributed by atoms with Crippen LogP contribution in [-0.2, 0) is 12.0 Å². The smallest absolute Gasteiger partial charge is 0.320 e. The van der Waals surface area contributed by atoms with E-state index in [1.54, 1.807) is 0 Å². The van der Waals surface area contributed by atoms with Gasteiger partial charge in [-0.25, -0.2) is 4.79 Å². The first-order valence-corrected chi connectivity index (χ1v) is 9.93. The van der Waals surface area contributed by atoms with E-state index in [0.29, 0.717) is 6.54 Å². The molecule has 0 heterocycles. The Morgan fingerprint density at radius 2 is 1.70 bits per heavy atom. The van der Waals surface area contributed by atoms with Gasteiger partial charge in [0.15, 0.2) is 0 Å². The SMILES string of the molecule is CCCCN(Cc1ccc(C(C)(C)C)cc1)C(=O)Nc1ccc(C)cc1C. The van der Waals surface area contributed by atoms with Crippen molar-refractivity contribution in [1.29, 1.82) is 0 Å². The van der Waals surface area contributed by atoms with Crippen LogP contribution in [0.4, 0.5) is 10.5 Å². The second-order valence-electron chi connectivity index (χ2n) is 8.47. The van der Waals surface area contributed by atoms with Gasteiger partial charge in [-0.3, -0.25) is 0 Å². The van der Waals surface area contributed by atoms with Crippen molar-refractivity contribution in [2.24, 2.45) is 0 Å². The summed E-state index contributed by atoms with van der Waals surface area (Å²) < 4.78 is 0. The van der Waals surface area contributed by atoms with Crippen LogP contribution in [0.5, 0.6) is 0 Å². The first-order valence-electron chi connectivity index (χ1n) is 9.93. The molecule has 3 nitrogen and oxygen atoms in total. The van der Waals surface area contributed by atoms with Crippen LogP contribution < -0.4 is 5.32 Å². The van der Waals surface area contributed by atoms with Crippen molar-refractivity contribution in [2.45, 2.75) is 66.3 Å². The average molecular weight is 367 g/mol. The van der Waals surface area contributed by atoms with Crippen molar-refractivity contribution in [3.8, 4) is 0 Å². The van der Waals surface area contributed by atoms with Gasteiger partial charge < -0.3 is 10.2 Å². The standard InChI is InChI=1S/C24H34N2O/c1-7-8-15-26(17-20-10-12-21(13-11-20)24(4,5)6)23(27)25-22-14-9-18(2)16-19(22)3/h9-14,16H,7-8,15,17H2,1-6H3,(H,25,27). The van der Waals surface area contributed by atoms with Crippen molar-refractivity contribution >= 4 is 11.7 Å². The third-order valence-electron chi connectivity index (χ3n) is 4.89. The van der Waals surface area contributed by atoms with Crippen LogP contribution in [0, 0.1) is 13.8 Å². The highest BCUT2D eigenvalue weighted by Gasteiger charge is 2.16. The Labute approximate surface area is 164 Å². The first kappa shape index (κ1) is 21.0. The lowest BCUT2D eigenvalue weighted by molar-refractivity contribution is 0.208. The van der Waals surface area contributed by atoms with Crippen molar-refractivity contribution in [1.82, 2.24) is 4.90 Å². The highest BCUT2D eigenvalue weighted by Crippen LogP contribution is 2.23. The van der Waals surface area contributed by atoms with Crippen LogP contribution in [0.15, 0.2) is 42.5 Å². The number of hydrogen-bond acceptors (Lipinski definition) is 1. The summed E-state index contributed by atoms with van der Waals surface area (Å²) in [6, 6.07) is 14.7. The summed E-state index contributed by atoms with van der Waals surface area (Å²) in [6.45, 7) is 14.3. The molecule has 0 atom stereocenters. The normalized spacial score (nSPS) is 11.3. The molecule has 0 saturated heterocycles. The summed E-state index contributed by atoms with van der Waals surface area (Å²) in [5.41, 5.74) is 5.79. The quantitative estimate of drug-likeness (QED) is 0.627. The molecule has 0 radical (unpaired) electrons.